The van der Waals surface area contributed by atoms with Gasteiger partial charge in [0.15, 0.2) is 12.1 Å². The van der Waals surface area contributed by atoms with E-state index in [1.54, 1.807) is 19.1 Å². The Balaban J connectivity index is 1.72. The molecule has 0 N–H and O–H groups in total. The normalized spacial score (nSPS) is 21.7. The molecule has 2 aliphatic rings. The molecule has 0 unspecified atom stereocenters. The highest BCUT2D eigenvalue weighted by Gasteiger charge is 2.55. The molecule has 2 atom stereocenters. The molecule has 1 saturated heterocycles. The van der Waals surface area contributed by atoms with Gasteiger partial charge in [0.1, 0.15) is 5.82 Å². The van der Waals surface area contributed by atoms with Gasteiger partial charge >= 0.3 is 0 Å². The fraction of sp³-hybridized carbons (Fsp3) is 0.263. The van der Waals surface area contributed by atoms with E-state index in [2.05, 4.69) is 10.3 Å². The average Bonchev–Trinajstić information content (AvgIpc) is 3.11. The first-order valence-electron chi connectivity index (χ1n) is 8.29. The first-order chi connectivity index (χ1) is 12.4. The van der Waals surface area contributed by atoms with Crippen LogP contribution in [-0.4, -0.2) is 23.9 Å². The van der Waals surface area contributed by atoms with Crippen LogP contribution >= 0.6 is 0 Å². The summed E-state index contributed by atoms with van der Waals surface area (Å²) >= 11 is 0. The van der Waals surface area contributed by atoms with Gasteiger partial charge in [-0.1, -0.05) is 17.4 Å². The van der Waals surface area contributed by atoms with Gasteiger partial charge in [0.25, 0.3) is 11.8 Å². The van der Waals surface area contributed by atoms with Crippen LogP contribution in [0.25, 0.3) is 0 Å². The van der Waals surface area contributed by atoms with Gasteiger partial charge in [-0.2, -0.15) is 5.11 Å². The summed E-state index contributed by atoms with van der Waals surface area (Å²) in [6.07, 6.45) is 0. The van der Waals surface area contributed by atoms with E-state index in [1.165, 1.54) is 11.1 Å². The maximum atomic E-state index is 13.9. The number of hydrogen-bond acceptors (Lipinski definition) is 5. The Kier molecular flexibility index (Phi) is 3.61. The lowest BCUT2D eigenvalue weighted by atomic mass is 10.1. The molecule has 2 heterocycles. The summed E-state index contributed by atoms with van der Waals surface area (Å²) in [5.41, 5.74) is 3.41. The number of nitrogens with zero attached hydrogens (tertiary/aromatic N) is 4. The second kappa shape index (κ2) is 5.72. The van der Waals surface area contributed by atoms with Crippen molar-refractivity contribution in [2.75, 3.05) is 9.91 Å². The molecule has 0 radical (unpaired) electrons. The van der Waals surface area contributed by atoms with E-state index in [0.29, 0.717) is 11.3 Å². The van der Waals surface area contributed by atoms with Crippen LogP contribution in [0.1, 0.15) is 16.7 Å². The molecular weight excluding hydrogens is 335 g/mol. The lowest BCUT2D eigenvalue weighted by Crippen LogP contribution is -2.40. The number of carbonyl (C=O) groups excluding carboxylic acids is 2. The van der Waals surface area contributed by atoms with Crippen LogP contribution < -0.4 is 9.91 Å². The Morgan fingerprint density at radius 1 is 0.923 bits per heavy atom. The summed E-state index contributed by atoms with van der Waals surface area (Å²) in [6, 6.07) is 8.35. The zero-order valence-corrected chi connectivity index (χ0v) is 14.6. The summed E-state index contributed by atoms with van der Waals surface area (Å²) in [7, 11) is 0. The Labute approximate surface area is 149 Å². The highest BCUT2D eigenvalue weighted by atomic mass is 19.1. The van der Waals surface area contributed by atoms with Crippen LogP contribution in [0.2, 0.25) is 0 Å². The summed E-state index contributed by atoms with van der Waals surface area (Å²) in [6.45, 7) is 5.52. The third kappa shape index (κ3) is 2.39. The van der Waals surface area contributed by atoms with Crippen molar-refractivity contribution < 1.29 is 14.0 Å². The molecule has 0 aliphatic carbocycles. The lowest BCUT2D eigenvalue weighted by Gasteiger charge is -2.21. The number of amides is 2. The van der Waals surface area contributed by atoms with E-state index in [-0.39, 0.29) is 5.69 Å². The minimum Gasteiger partial charge on any atom is -0.271 e. The van der Waals surface area contributed by atoms with E-state index >= 15 is 0 Å². The maximum absolute atomic E-state index is 13.9. The first-order valence-corrected chi connectivity index (χ1v) is 8.29. The predicted molar refractivity (Wildman–Crippen MR) is 94.5 cm³/mol. The molecule has 2 aliphatic heterocycles. The Morgan fingerprint density at radius 3 is 2.27 bits per heavy atom. The van der Waals surface area contributed by atoms with E-state index in [1.807, 2.05) is 32.0 Å². The first kappa shape index (κ1) is 16.4. The number of anilines is 2. The zero-order valence-electron chi connectivity index (χ0n) is 14.6. The van der Waals surface area contributed by atoms with Crippen molar-refractivity contribution in [3.63, 3.8) is 0 Å². The number of hydrogen-bond donors (Lipinski definition) is 0. The quantitative estimate of drug-likeness (QED) is 0.780. The van der Waals surface area contributed by atoms with E-state index in [4.69, 9.17) is 0 Å². The molecule has 2 amide bonds. The number of carbonyl (C=O) groups is 2. The largest absolute Gasteiger partial charge is 0.271 e. The van der Waals surface area contributed by atoms with Crippen LogP contribution in [0.15, 0.2) is 46.7 Å². The summed E-state index contributed by atoms with van der Waals surface area (Å²) in [5, 5.41) is 9.54. The standard InChI is InChI=1S/C19H17FN4O2/c1-10-6-11(2)8-14(7-10)24-17-16(21-22-24)18(25)23(19(17)26)13-5-4-12(3)15(20)9-13/h4-9,16-17H,1-3H3/t16-,17+/m1/s1. The molecule has 2 aromatic rings. The van der Waals surface area contributed by atoms with Crippen LogP contribution in [0.3, 0.4) is 0 Å². The van der Waals surface area contributed by atoms with E-state index in [9.17, 15) is 14.0 Å². The summed E-state index contributed by atoms with van der Waals surface area (Å²) in [5.74, 6) is -1.40. The van der Waals surface area contributed by atoms with Gasteiger partial charge in [0.05, 0.1) is 11.4 Å². The van der Waals surface area contributed by atoms with Crippen molar-refractivity contribution in [1.82, 2.24) is 0 Å². The number of fused-ring (bicyclic) bond motifs is 1. The molecule has 6 nitrogen and oxygen atoms in total. The van der Waals surface area contributed by atoms with Gasteiger partial charge in [0, 0.05) is 0 Å². The fourth-order valence-corrected chi connectivity index (χ4v) is 3.43. The average molecular weight is 352 g/mol. The Morgan fingerprint density at radius 2 is 1.62 bits per heavy atom. The molecule has 7 heteroatoms. The zero-order chi connectivity index (χ0) is 18.6. The number of aryl methyl sites for hydroxylation is 3. The molecule has 1 fully saturated rings. The Bertz CT molecular complexity index is 952. The van der Waals surface area contributed by atoms with Crippen molar-refractivity contribution in [3.8, 4) is 0 Å². The third-order valence-electron chi connectivity index (χ3n) is 4.67. The molecule has 132 valence electrons. The number of halogens is 1. The van der Waals surface area contributed by atoms with Gasteiger partial charge in [0.2, 0.25) is 0 Å². The highest BCUT2D eigenvalue weighted by molar-refractivity contribution is 6.26. The molecular formula is C19H17FN4O2. The smallest absolute Gasteiger partial charge is 0.263 e. The lowest BCUT2D eigenvalue weighted by molar-refractivity contribution is -0.121. The van der Waals surface area contributed by atoms with Crippen molar-refractivity contribution in [2.45, 2.75) is 32.9 Å². The molecule has 0 aromatic heterocycles. The number of rotatable bonds is 2. The van der Waals surface area contributed by atoms with Crippen LogP contribution in [0.5, 0.6) is 0 Å². The number of imide groups is 1. The van der Waals surface area contributed by atoms with E-state index in [0.717, 1.165) is 16.0 Å². The minimum atomic E-state index is -0.910. The SMILES string of the molecule is Cc1cc(C)cc(N2N=N[C@H]3C(=O)N(c4ccc(C)c(F)c4)C(=O)[C@H]32)c1. The van der Waals surface area contributed by atoms with Crippen molar-refractivity contribution in [2.24, 2.45) is 10.3 Å². The van der Waals surface area contributed by atoms with Crippen LogP contribution in [0, 0.1) is 26.6 Å². The minimum absolute atomic E-state index is 0.216. The molecule has 2 aromatic carbocycles. The van der Waals surface area contributed by atoms with Crippen LogP contribution in [0.4, 0.5) is 15.8 Å². The second-order valence-electron chi connectivity index (χ2n) is 6.73. The molecule has 0 saturated carbocycles. The monoisotopic (exact) mass is 352 g/mol. The summed E-state index contributed by atoms with van der Waals surface area (Å²) < 4.78 is 13.9. The highest BCUT2D eigenvalue weighted by Crippen LogP contribution is 2.35. The van der Waals surface area contributed by atoms with Gasteiger partial charge in [-0.15, -0.1) is 0 Å². The maximum Gasteiger partial charge on any atom is 0.263 e. The second-order valence-corrected chi connectivity index (χ2v) is 6.73. The molecule has 26 heavy (non-hydrogen) atoms. The van der Waals surface area contributed by atoms with Gasteiger partial charge in [-0.05, 0) is 61.7 Å². The van der Waals surface area contributed by atoms with Gasteiger partial charge in [-0.3, -0.25) is 9.59 Å². The fourth-order valence-electron chi connectivity index (χ4n) is 3.43. The topological polar surface area (TPSA) is 65.3 Å². The van der Waals surface area contributed by atoms with Crippen molar-refractivity contribution in [1.29, 1.82) is 0 Å². The molecule has 0 bridgehead atoms. The summed E-state index contributed by atoms with van der Waals surface area (Å²) in [4.78, 5) is 26.7. The predicted octanol–water partition coefficient (Wildman–Crippen LogP) is 3.25. The Hall–Kier alpha value is -3.09. The van der Waals surface area contributed by atoms with Crippen molar-refractivity contribution in [3.05, 3.63) is 58.9 Å². The van der Waals surface area contributed by atoms with Gasteiger partial charge < -0.3 is 0 Å². The number of benzene rings is 2. The molecule has 0 spiro atoms. The molecule has 4 rings (SSSR count). The van der Waals surface area contributed by atoms with Crippen molar-refractivity contribution >= 4 is 23.2 Å². The third-order valence-corrected chi connectivity index (χ3v) is 4.67. The van der Waals surface area contributed by atoms with Gasteiger partial charge in [-0.25, -0.2) is 14.3 Å². The van der Waals surface area contributed by atoms with Crippen LogP contribution in [-0.2, 0) is 9.59 Å². The van der Waals surface area contributed by atoms with E-state index < -0.39 is 29.7 Å².